The number of hydrogen-bond donors (Lipinski definition) is 1. The molecular formula is C19H18Cl2N4O2. The first kappa shape index (κ1) is 19.2. The van der Waals surface area contributed by atoms with Crippen molar-refractivity contribution in [1.82, 2.24) is 20.1 Å². The zero-order valence-corrected chi connectivity index (χ0v) is 16.1. The van der Waals surface area contributed by atoms with Crippen LogP contribution in [0.1, 0.15) is 18.1 Å². The first-order valence-corrected chi connectivity index (χ1v) is 9.07. The molecule has 0 radical (unpaired) electrons. The number of nitrogens with zero attached hydrogens (tertiary/aromatic N) is 3. The minimum Gasteiger partial charge on any atom is -0.479 e. The van der Waals surface area contributed by atoms with E-state index in [1.165, 1.54) is 6.33 Å². The van der Waals surface area contributed by atoms with E-state index in [2.05, 4.69) is 15.4 Å². The number of halogens is 2. The average Bonchev–Trinajstić information content (AvgIpc) is 3.17. The third-order valence-corrected chi connectivity index (χ3v) is 4.76. The first-order valence-electron chi connectivity index (χ1n) is 8.32. The number of nitrogens with one attached hydrogen (secondary N) is 1. The van der Waals surface area contributed by atoms with Crippen molar-refractivity contribution in [2.45, 2.75) is 26.1 Å². The number of ether oxygens (including phenoxy) is 1. The van der Waals surface area contributed by atoms with E-state index in [-0.39, 0.29) is 10.9 Å². The van der Waals surface area contributed by atoms with Crippen molar-refractivity contribution in [3.63, 3.8) is 0 Å². The highest BCUT2D eigenvalue weighted by molar-refractivity contribution is 6.42. The summed E-state index contributed by atoms with van der Waals surface area (Å²) >= 11 is 12.1. The summed E-state index contributed by atoms with van der Waals surface area (Å²) in [5.74, 6) is 0.125. The summed E-state index contributed by atoms with van der Waals surface area (Å²) in [6.07, 6.45) is 2.42. The Labute approximate surface area is 167 Å². The number of hydrogen-bond acceptors (Lipinski definition) is 4. The van der Waals surface area contributed by atoms with Gasteiger partial charge < -0.3 is 10.1 Å². The summed E-state index contributed by atoms with van der Waals surface area (Å²) in [4.78, 5) is 16.3. The summed E-state index contributed by atoms with van der Waals surface area (Å²) < 4.78 is 7.37. The van der Waals surface area contributed by atoms with Crippen molar-refractivity contribution in [2.75, 3.05) is 0 Å². The maximum atomic E-state index is 12.4. The Morgan fingerprint density at radius 3 is 2.70 bits per heavy atom. The molecule has 1 amide bonds. The van der Waals surface area contributed by atoms with Gasteiger partial charge in [-0.2, -0.15) is 5.10 Å². The Hall–Kier alpha value is -2.57. The molecule has 1 aromatic heterocycles. The molecule has 0 spiro atoms. The van der Waals surface area contributed by atoms with Crippen LogP contribution in [0.3, 0.4) is 0 Å². The molecule has 1 unspecified atom stereocenters. The minimum absolute atomic E-state index is 0.249. The molecule has 0 fully saturated rings. The molecule has 3 rings (SSSR count). The van der Waals surface area contributed by atoms with Gasteiger partial charge in [0.1, 0.15) is 23.4 Å². The number of rotatable bonds is 7. The fourth-order valence-corrected chi connectivity index (χ4v) is 2.85. The van der Waals surface area contributed by atoms with Crippen LogP contribution in [-0.2, 0) is 17.9 Å². The largest absolute Gasteiger partial charge is 0.479 e. The summed E-state index contributed by atoms with van der Waals surface area (Å²) in [6.45, 7) is 2.62. The molecule has 1 atom stereocenters. The third kappa shape index (κ3) is 4.99. The van der Waals surface area contributed by atoms with Crippen LogP contribution in [0.4, 0.5) is 0 Å². The van der Waals surface area contributed by atoms with Crippen LogP contribution in [0.5, 0.6) is 5.75 Å². The first-order chi connectivity index (χ1) is 13.0. The predicted molar refractivity (Wildman–Crippen MR) is 104 cm³/mol. The Bertz CT molecular complexity index is 916. The predicted octanol–water partition coefficient (Wildman–Crippen LogP) is 3.72. The second kappa shape index (κ2) is 8.88. The average molecular weight is 405 g/mol. The van der Waals surface area contributed by atoms with Gasteiger partial charge in [-0.25, -0.2) is 9.67 Å². The molecule has 0 saturated heterocycles. The van der Waals surface area contributed by atoms with E-state index in [4.69, 9.17) is 27.9 Å². The standard InChI is InChI=1S/C19H18Cl2N4O2/c1-13(27-17-8-4-7-16(20)18(17)21)19(26)23-9-14-5-2-3-6-15(14)10-25-12-22-11-24-25/h2-8,11-13H,9-10H2,1H3,(H,23,26). The number of aromatic nitrogens is 3. The monoisotopic (exact) mass is 404 g/mol. The SMILES string of the molecule is CC(Oc1cccc(Cl)c1Cl)C(=O)NCc1ccccc1Cn1cncn1. The zero-order chi connectivity index (χ0) is 19.2. The van der Waals surface area contributed by atoms with Gasteiger partial charge in [0.25, 0.3) is 5.91 Å². The number of carbonyl (C=O) groups is 1. The third-order valence-electron chi connectivity index (χ3n) is 3.96. The van der Waals surface area contributed by atoms with Gasteiger partial charge in [0, 0.05) is 6.54 Å². The van der Waals surface area contributed by atoms with Crippen LogP contribution in [0.15, 0.2) is 55.1 Å². The molecule has 0 aliphatic carbocycles. The van der Waals surface area contributed by atoms with Gasteiger partial charge in [-0.15, -0.1) is 0 Å². The summed E-state index contributed by atoms with van der Waals surface area (Å²) in [5.41, 5.74) is 2.05. The minimum atomic E-state index is -0.719. The molecule has 140 valence electrons. The Balaban J connectivity index is 1.61. The number of benzene rings is 2. The van der Waals surface area contributed by atoms with Gasteiger partial charge in [0.2, 0.25) is 0 Å². The molecule has 1 heterocycles. The second-order valence-corrected chi connectivity index (χ2v) is 6.68. The van der Waals surface area contributed by atoms with Gasteiger partial charge in [0.05, 0.1) is 11.6 Å². The van der Waals surface area contributed by atoms with E-state index in [1.54, 1.807) is 36.1 Å². The van der Waals surface area contributed by atoms with Crippen molar-refractivity contribution in [3.8, 4) is 5.75 Å². The van der Waals surface area contributed by atoms with Crippen LogP contribution in [0, 0.1) is 0 Å². The van der Waals surface area contributed by atoms with E-state index in [0.717, 1.165) is 11.1 Å². The highest BCUT2D eigenvalue weighted by atomic mass is 35.5. The van der Waals surface area contributed by atoms with Crippen LogP contribution in [0.25, 0.3) is 0 Å². The smallest absolute Gasteiger partial charge is 0.261 e. The number of carbonyl (C=O) groups excluding carboxylic acids is 1. The zero-order valence-electron chi connectivity index (χ0n) is 14.6. The van der Waals surface area contributed by atoms with Gasteiger partial charge in [0.15, 0.2) is 6.10 Å². The lowest BCUT2D eigenvalue weighted by Crippen LogP contribution is -2.36. The molecule has 0 bridgehead atoms. The molecule has 0 aliphatic heterocycles. The van der Waals surface area contributed by atoms with Gasteiger partial charge >= 0.3 is 0 Å². The summed E-state index contributed by atoms with van der Waals surface area (Å²) in [6, 6.07) is 12.9. The van der Waals surface area contributed by atoms with Gasteiger partial charge in [-0.05, 0) is 30.2 Å². The maximum Gasteiger partial charge on any atom is 0.261 e. The summed E-state index contributed by atoms with van der Waals surface area (Å²) in [7, 11) is 0. The maximum absolute atomic E-state index is 12.4. The molecule has 6 nitrogen and oxygen atoms in total. The van der Waals surface area contributed by atoms with Gasteiger partial charge in [-0.1, -0.05) is 53.5 Å². The Morgan fingerprint density at radius 1 is 1.19 bits per heavy atom. The van der Waals surface area contributed by atoms with Crippen LogP contribution >= 0.6 is 23.2 Å². The van der Waals surface area contributed by atoms with Crippen LogP contribution in [-0.4, -0.2) is 26.8 Å². The topological polar surface area (TPSA) is 69.0 Å². The lowest BCUT2D eigenvalue weighted by molar-refractivity contribution is -0.127. The van der Waals surface area contributed by atoms with Crippen LogP contribution in [0.2, 0.25) is 10.0 Å². The second-order valence-electron chi connectivity index (χ2n) is 5.89. The molecule has 0 aliphatic rings. The van der Waals surface area contributed by atoms with E-state index < -0.39 is 6.10 Å². The molecule has 2 aromatic carbocycles. The number of amides is 1. The van der Waals surface area contributed by atoms with Gasteiger partial charge in [-0.3, -0.25) is 4.79 Å². The van der Waals surface area contributed by atoms with E-state index >= 15 is 0 Å². The highest BCUT2D eigenvalue weighted by Crippen LogP contribution is 2.32. The molecule has 1 N–H and O–H groups in total. The molecular weight excluding hydrogens is 387 g/mol. The van der Waals surface area contributed by atoms with E-state index in [9.17, 15) is 4.79 Å². The molecule has 0 saturated carbocycles. The fraction of sp³-hybridized carbons (Fsp3) is 0.211. The van der Waals surface area contributed by atoms with Crippen molar-refractivity contribution in [1.29, 1.82) is 0 Å². The van der Waals surface area contributed by atoms with Crippen molar-refractivity contribution in [3.05, 3.63) is 76.3 Å². The normalized spacial score (nSPS) is 11.8. The lowest BCUT2D eigenvalue weighted by Gasteiger charge is -2.17. The molecule has 27 heavy (non-hydrogen) atoms. The van der Waals surface area contributed by atoms with E-state index in [1.807, 2.05) is 24.3 Å². The van der Waals surface area contributed by atoms with Crippen molar-refractivity contribution >= 4 is 29.1 Å². The molecule has 8 heteroatoms. The molecule has 3 aromatic rings. The highest BCUT2D eigenvalue weighted by Gasteiger charge is 2.17. The van der Waals surface area contributed by atoms with Crippen molar-refractivity contribution < 1.29 is 9.53 Å². The Kier molecular flexibility index (Phi) is 6.32. The summed E-state index contributed by atoms with van der Waals surface area (Å²) in [5, 5.41) is 7.67. The quantitative estimate of drug-likeness (QED) is 0.651. The van der Waals surface area contributed by atoms with Crippen LogP contribution < -0.4 is 10.1 Å². The fourth-order valence-electron chi connectivity index (χ4n) is 2.52. The lowest BCUT2D eigenvalue weighted by atomic mass is 10.1. The van der Waals surface area contributed by atoms with Crippen molar-refractivity contribution in [2.24, 2.45) is 0 Å². The van der Waals surface area contributed by atoms with E-state index in [0.29, 0.717) is 23.9 Å². The Morgan fingerprint density at radius 2 is 1.96 bits per heavy atom.